The van der Waals surface area contributed by atoms with Gasteiger partial charge in [0.05, 0.1) is 12.5 Å². The molecule has 0 aliphatic rings. The Morgan fingerprint density at radius 2 is 1.71 bits per heavy atom. The van der Waals surface area contributed by atoms with Gasteiger partial charge in [0.25, 0.3) is 5.91 Å². The van der Waals surface area contributed by atoms with Crippen molar-refractivity contribution in [3.8, 4) is 28.3 Å². The number of carbonyl (C=O) groups is 1. The van der Waals surface area contributed by atoms with Gasteiger partial charge in [-0.3, -0.25) is 9.36 Å². The molecule has 0 aliphatic carbocycles. The quantitative estimate of drug-likeness (QED) is 0.252. The maximum absolute atomic E-state index is 13.0. The summed E-state index contributed by atoms with van der Waals surface area (Å²) in [6, 6.07) is 25.9. The van der Waals surface area contributed by atoms with Crippen LogP contribution in [0.15, 0.2) is 91.4 Å². The van der Waals surface area contributed by atoms with Gasteiger partial charge in [0.15, 0.2) is 0 Å². The number of hydrogen-bond acceptors (Lipinski definition) is 3. The van der Waals surface area contributed by atoms with Crippen molar-refractivity contribution in [2.75, 3.05) is 6.54 Å². The third-order valence-corrected chi connectivity index (χ3v) is 6.26. The Kier molecular flexibility index (Phi) is 8.34. The minimum absolute atomic E-state index is 0.0923. The molecule has 0 radical (unpaired) electrons. The van der Waals surface area contributed by atoms with Crippen molar-refractivity contribution in [3.05, 3.63) is 97.1 Å². The number of benzene rings is 3. The van der Waals surface area contributed by atoms with Crippen molar-refractivity contribution in [2.45, 2.75) is 39.5 Å². The van der Waals surface area contributed by atoms with E-state index in [0.29, 0.717) is 18.2 Å². The standard InChI is InChI=1S/C30H33N3O2/c1-3-5-10-23(4-2)20-32-30(34)29-21-31-22-33(29)26-12-9-11-25(19-26)24-15-17-28(18-16-24)35-27-13-7-6-8-14-27/h6-9,11-19,21-23H,3-5,10,20H2,1-2H3,(H,32,34)/t23-/m0/s1. The summed E-state index contributed by atoms with van der Waals surface area (Å²) < 4.78 is 7.75. The zero-order valence-electron chi connectivity index (χ0n) is 20.5. The molecule has 4 aromatic rings. The van der Waals surface area contributed by atoms with Crippen LogP contribution < -0.4 is 10.1 Å². The highest BCUT2D eigenvalue weighted by Gasteiger charge is 2.15. The van der Waals surface area contributed by atoms with Gasteiger partial charge in [-0.2, -0.15) is 0 Å². The van der Waals surface area contributed by atoms with Gasteiger partial charge in [-0.05, 0) is 59.9 Å². The highest BCUT2D eigenvalue weighted by Crippen LogP contribution is 2.27. The van der Waals surface area contributed by atoms with Crippen LogP contribution in [0, 0.1) is 5.92 Å². The Morgan fingerprint density at radius 3 is 2.46 bits per heavy atom. The summed E-state index contributed by atoms with van der Waals surface area (Å²) in [6.07, 6.45) is 7.90. The van der Waals surface area contributed by atoms with E-state index >= 15 is 0 Å². The number of carbonyl (C=O) groups excluding carboxylic acids is 1. The summed E-state index contributed by atoms with van der Waals surface area (Å²) in [5, 5.41) is 3.11. The maximum Gasteiger partial charge on any atom is 0.269 e. The lowest BCUT2D eigenvalue weighted by atomic mass is 9.99. The van der Waals surface area contributed by atoms with E-state index in [9.17, 15) is 4.79 Å². The molecular formula is C30H33N3O2. The van der Waals surface area contributed by atoms with E-state index in [1.807, 2.05) is 71.3 Å². The molecule has 0 spiro atoms. The van der Waals surface area contributed by atoms with Crippen molar-refractivity contribution in [1.82, 2.24) is 14.9 Å². The van der Waals surface area contributed by atoms with Crippen LogP contribution in [-0.2, 0) is 0 Å². The van der Waals surface area contributed by atoms with Gasteiger partial charge >= 0.3 is 0 Å². The Hall–Kier alpha value is -3.86. The summed E-state index contributed by atoms with van der Waals surface area (Å²) in [4.78, 5) is 17.2. The fourth-order valence-electron chi connectivity index (χ4n) is 4.12. The van der Waals surface area contributed by atoms with Crippen LogP contribution in [-0.4, -0.2) is 22.0 Å². The van der Waals surface area contributed by atoms with Crippen molar-refractivity contribution in [3.63, 3.8) is 0 Å². The molecule has 0 saturated carbocycles. The van der Waals surface area contributed by atoms with Crippen LogP contribution in [0.3, 0.4) is 0 Å². The minimum atomic E-state index is -0.0923. The zero-order chi connectivity index (χ0) is 24.5. The molecular weight excluding hydrogens is 434 g/mol. The van der Waals surface area contributed by atoms with E-state index in [-0.39, 0.29) is 5.91 Å². The molecule has 3 aromatic carbocycles. The molecule has 180 valence electrons. The van der Waals surface area contributed by atoms with Crippen LogP contribution in [0.5, 0.6) is 11.5 Å². The van der Waals surface area contributed by atoms with E-state index in [4.69, 9.17) is 4.74 Å². The fraction of sp³-hybridized carbons (Fsp3) is 0.267. The smallest absolute Gasteiger partial charge is 0.269 e. The largest absolute Gasteiger partial charge is 0.457 e. The molecule has 4 rings (SSSR count). The van der Waals surface area contributed by atoms with Gasteiger partial charge in [0.1, 0.15) is 17.2 Å². The van der Waals surface area contributed by atoms with Gasteiger partial charge in [-0.1, -0.05) is 75.6 Å². The number of nitrogens with one attached hydrogen (secondary N) is 1. The highest BCUT2D eigenvalue weighted by molar-refractivity contribution is 5.93. The van der Waals surface area contributed by atoms with Gasteiger partial charge in [0.2, 0.25) is 0 Å². The van der Waals surface area contributed by atoms with Crippen LogP contribution >= 0.6 is 0 Å². The molecule has 0 aliphatic heterocycles. The highest BCUT2D eigenvalue weighted by atomic mass is 16.5. The number of rotatable bonds is 11. The number of unbranched alkanes of at least 4 members (excludes halogenated alkanes) is 1. The van der Waals surface area contributed by atoms with Crippen molar-refractivity contribution >= 4 is 5.91 Å². The summed E-state index contributed by atoms with van der Waals surface area (Å²) in [6.45, 7) is 5.07. The van der Waals surface area contributed by atoms with Crippen LogP contribution in [0.25, 0.3) is 16.8 Å². The average Bonchev–Trinajstić information content (AvgIpc) is 3.40. The Bertz CT molecular complexity index is 1220. The van der Waals surface area contributed by atoms with Crippen LogP contribution in [0.1, 0.15) is 50.0 Å². The Labute approximate surface area is 207 Å². The number of aromatic nitrogens is 2. The molecule has 0 bridgehead atoms. The first-order valence-electron chi connectivity index (χ1n) is 12.4. The second-order valence-corrected chi connectivity index (χ2v) is 8.77. The third kappa shape index (κ3) is 6.38. The lowest BCUT2D eigenvalue weighted by Gasteiger charge is -2.16. The lowest BCUT2D eigenvalue weighted by Crippen LogP contribution is -2.30. The second kappa shape index (κ2) is 12.0. The molecule has 35 heavy (non-hydrogen) atoms. The van der Waals surface area contributed by atoms with E-state index in [0.717, 1.165) is 41.2 Å². The van der Waals surface area contributed by atoms with E-state index in [2.05, 4.69) is 36.3 Å². The second-order valence-electron chi connectivity index (χ2n) is 8.77. The average molecular weight is 468 g/mol. The number of nitrogens with zero attached hydrogens (tertiary/aromatic N) is 2. The number of imidazole rings is 1. The van der Waals surface area contributed by atoms with Gasteiger partial charge < -0.3 is 10.1 Å². The predicted molar refractivity (Wildman–Crippen MR) is 141 cm³/mol. The van der Waals surface area contributed by atoms with Gasteiger partial charge in [0, 0.05) is 12.2 Å². The van der Waals surface area contributed by atoms with Crippen molar-refractivity contribution in [1.29, 1.82) is 0 Å². The Morgan fingerprint density at radius 1 is 0.943 bits per heavy atom. The molecule has 1 heterocycles. The summed E-state index contributed by atoms with van der Waals surface area (Å²) in [5.74, 6) is 2.01. The van der Waals surface area contributed by atoms with Crippen LogP contribution in [0.4, 0.5) is 0 Å². The fourth-order valence-corrected chi connectivity index (χ4v) is 4.12. The first-order valence-corrected chi connectivity index (χ1v) is 12.4. The summed E-state index contributed by atoms with van der Waals surface area (Å²) in [5.41, 5.74) is 3.56. The first-order chi connectivity index (χ1) is 17.2. The summed E-state index contributed by atoms with van der Waals surface area (Å²) in [7, 11) is 0. The number of hydrogen-bond donors (Lipinski definition) is 1. The van der Waals surface area contributed by atoms with Crippen molar-refractivity contribution in [2.24, 2.45) is 5.92 Å². The van der Waals surface area contributed by atoms with E-state index < -0.39 is 0 Å². The van der Waals surface area contributed by atoms with Gasteiger partial charge in [-0.25, -0.2) is 4.98 Å². The molecule has 1 N–H and O–H groups in total. The van der Waals surface area contributed by atoms with Gasteiger partial charge in [-0.15, -0.1) is 0 Å². The summed E-state index contributed by atoms with van der Waals surface area (Å²) >= 11 is 0. The minimum Gasteiger partial charge on any atom is -0.457 e. The monoisotopic (exact) mass is 467 g/mol. The SMILES string of the molecule is CCCC[C@H](CC)CNC(=O)c1cncn1-c1cccc(-c2ccc(Oc3ccccc3)cc2)c1. The molecule has 0 fully saturated rings. The molecule has 0 unspecified atom stereocenters. The maximum atomic E-state index is 13.0. The lowest BCUT2D eigenvalue weighted by molar-refractivity contribution is 0.0939. The van der Waals surface area contributed by atoms with Crippen LogP contribution in [0.2, 0.25) is 0 Å². The predicted octanol–water partition coefficient (Wildman–Crippen LogP) is 7.28. The van der Waals surface area contributed by atoms with E-state index in [1.165, 1.54) is 12.8 Å². The zero-order valence-corrected chi connectivity index (χ0v) is 20.5. The number of ether oxygens (including phenoxy) is 1. The first kappa shape index (κ1) is 24.3. The Balaban J connectivity index is 1.47. The molecule has 1 atom stereocenters. The number of amides is 1. The van der Waals surface area contributed by atoms with Crippen molar-refractivity contribution < 1.29 is 9.53 Å². The molecule has 5 heteroatoms. The normalized spacial score (nSPS) is 11.7. The molecule has 0 saturated heterocycles. The van der Waals surface area contributed by atoms with E-state index in [1.54, 1.807) is 12.5 Å². The number of para-hydroxylation sites is 1. The molecule has 5 nitrogen and oxygen atoms in total. The topological polar surface area (TPSA) is 56.2 Å². The molecule has 1 amide bonds. The third-order valence-electron chi connectivity index (χ3n) is 6.26. The molecule has 1 aromatic heterocycles.